The summed E-state index contributed by atoms with van der Waals surface area (Å²) in [7, 11) is 0. The van der Waals surface area contributed by atoms with E-state index in [0.29, 0.717) is 34.3 Å². The Morgan fingerprint density at radius 2 is 1.20 bits per heavy atom. The molecule has 1 aliphatic heterocycles. The molecule has 8 aromatic rings. The highest BCUT2D eigenvalue weighted by atomic mass is 16.5. The Hall–Kier alpha value is -6.58. The van der Waals surface area contributed by atoms with Crippen LogP contribution in [-0.4, -0.2) is 15.0 Å². The van der Waals surface area contributed by atoms with Gasteiger partial charge in [-0.2, -0.15) is 5.26 Å². The van der Waals surface area contributed by atoms with Crippen molar-refractivity contribution >= 4 is 21.9 Å². The van der Waals surface area contributed by atoms with Crippen LogP contribution in [0, 0.1) is 11.3 Å². The number of benzene rings is 6. The normalized spacial score (nSPS) is 13.0. The molecule has 0 aliphatic carbocycles. The molecule has 0 radical (unpaired) electrons. The molecule has 6 heteroatoms. The Balaban J connectivity index is 1.18. The van der Waals surface area contributed by atoms with E-state index in [-0.39, 0.29) is 5.41 Å². The maximum atomic E-state index is 10.6. The van der Waals surface area contributed by atoms with Crippen LogP contribution in [0.25, 0.3) is 67.2 Å². The fourth-order valence-electron chi connectivity index (χ4n) is 6.92. The lowest BCUT2D eigenvalue weighted by atomic mass is 9.74. The molecule has 3 heterocycles. The van der Waals surface area contributed by atoms with Gasteiger partial charge < -0.3 is 9.15 Å². The number of aromatic nitrogens is 3. The molecule has 0 unspecified atom stereocenters. The molecule has 0 N–H and O–H groups in total. The Morgan fingerprint density at radius 3 is 2.00 bits per heavy atom. The van der Waals surface area contributed by atoms with E-state index in [1.165, 1.54) is 0 Å². The van der Waals surface area contributed by atoms with Crippen molar-refractivity contribution in [1.82, 2.24) is 15.0 Å². The van der Waals surface area contributed by atoms with Crippen molar-refractivity contribution < 1.29 is 9.15 Å². The molecule has 6 aromatic carbocycles. The summed E-state index contributed by atoms with van der Waals surface area (Å²) >= 11 is 0. The second-order valence-corrected chi connectivity index (χ2v) is 12.7. The monoisotopic (exact) mass is 632 g/mol. The highest BCUT2D eigenvalue weighted by Gasteiger charge is 2.36. The quantitative estimate of drug-likeness (QED) is 0.192. The van der Waals surface area contributed by atoms with E-state index >= 15 is 0 Å². The van der Waals surface area contributed by atoms with Gasteiger partial charge >= 0.3 is 0 Å². The van der Waals surface area contributed by atoms with E-state index in [9.17, 15) is 5.26 Å². The van der Waals surface area contributed by atoms with Crippen LogP contribution in [0.1, 0.15) is 30.5 Å². The number of nitrogens with zero attached hydrogens (tertiary/aromatic N) is 4. The van der Waals surface area contributed by atoms with Crippen LogP contribution >= 0.6 is 0 Å². The lowest BCUT2D eigenvalue weighted by Gasteiger charge is -2.35. The molecule has 9 rings (SSSR count). The van der Waals surface area contributed by atoms with Crippen molar-refractivity contribution in [2.75, 3.05) is 0 Å². The number of furan rings is 1. The van der Waals surface area contributed by atoms with Gasteiger partial charge in [-0.3, -0.25) is 0 Å². The third-order valence-corrected chi connectivity index (χ3v) is 9.48. The Labute approximate surface area is 282 Å². The predicted molar refractivity (Wildman–Crippen MR) is 192 cm³/mol. The molecule has 6 nitrogen and oxygen atoms in total. The van der Waals surface area contributed by atoms with Gasteiger partial charge in [0.05, 0.1) is 0 Å². The number of para-hydroxylation sites is 3. The van der Waals surface area contributed by atoms with Gasteiger partial charge in [-0.25, -0.2) is 15.0 Å². The minimum atomic E-state index is -0.359. The van der Waals surface area contributed by atoms with Crippen molar-refractivity contribution in [2.24, 2.45) is 0 Å². The largest absolute Gasteiger partial charge is 0.455 e. The molecule has 0 bridgehead atoms. The maximum Gasteiger partial charge on any atom is 0.165 e. The first kappa shape index (κ1) is 28.6. The summed E-state index contributed by atoms with van der Waals surface area (Å²) in [6.07, 6.45) is 0. The van der Waals surface area contributed by atoms with Gasteiger partial charge in [-0.05, 0) is 23.8 Å². The summed E-state index contributed by atoms with van der Waals surface area (Å²) in [6.45, 7) is 4.31. The zero-order valence-corrected chi connectivity index (χ0v) is 26.8. The lowest BCUT2D eigenvalue weighted by Crippen LogP contribution is -2.25. The van der Waals surface area contributed by atoms with Crippen molar-refractivity contribution in [3.05, 3.63) is 150 Å². The van der Waals surface area contributed by atoms with Gasteiger partial charge in [0.15, 0.2) is 17.5 Å². The summed E-state index contributed by atoms with van der Waals surface area (Å²) in [5.41, 5.74) is 8.07. The average molecular weight is 633 g/mol. The van der Waals surface area contributed by atoms with E-state index in [1.54, 1.807) is 0 Å². The van der Waals surface area contributed by atoms with Crippen LogP contribution in [0.15, 0.2) is 138 Å². The molecular formula is C43H28N4O2. The predicted octanol–water partition coefficient (Wildman–Crippen LogP) is 10.7. The fourth-order valence-corrected chi connectivity index (χ4v) is 6.92. The summed E-state index contributed by atoms with van der Waals surface area (Å²) in [4.78, 5) is 14.8. The number of rotatable bonds is 4. The van der Waals surface area contributed by atoms with Gasteiger partial charge in [-0.1, -0.05) is 129 Å². The van der Waals surface area contributed by atoms with Crippen molar-refractivity contribution in [3.63, 3.8) is 0 Å². The molecule has 2 aromatic heterocycles. The van der Waals surface area contributed by atoms with Crippen molar-refractivity contribution in [3.8, 4) is 62.9 Å². The smallest absolute Gasteiger partial charge is 0.165 e. The molecule has 0 amide bonds. The third-order valence-electron chi connectivity index (χ3n) is 9.48. The van der Waals surface area contributed by atoms with Crippen molar-refractivity contribution in [1.29, 1.82) is 5.26 Å². The average Bonchev–Trinajstić information content (AvgIpc) is 3.54. The Kier molecular flexibility index (Phi) is 6.43. The fraction of sp³-hybridized carbons (Fsp3) is 0.0698. The molecule has 0 saturated carbocycles. The number of fused-ring (bicyclic) bond motifs is 5. The summed E-state index contributed by atoms with van der Waals surface area (Å²) in [5.74, 6) is 2.71. The van der Waals surface area contributed by atoms with E-state index in [1.807, 2.05) is 91.0 Å². The Bertz CT molecular complexity index is 2620. The van der Waals surface area contributed by atoms with E-state index < -0.39 is 0 Å². The number of hydrogen-bond acceptors (Lipinski definition) is 6. The van der Waals surface area contributed by atoms with Crippen LogP contribution < -0.4 is 4.74 Å². The first-order chi connectivity index (χ1) is 24.0. The second kappa shape index (κ2) is 11.0. The van der Waals surface area contributed by atoms with Gasteiger partial charge in [0.2, 0.25) is 0 Å². The number of nitriles is 1. The topological polar surface area (TPSA) is 84.8 Å². The highest BCUT2D eigenvalue weighted by molar-refractivity contribution is 6.09. The SMILES string of the molecule is CC1(C)c2ccccc2Oc2c1ccc(-c1nc(-c3ccccc3)nc(-c3ccc(-c4cccc5c4oc4ccccc45)cc3)n1)c2C#N. The zero-order valence-electron chi connectivity index (χ0n) is 26.8. The first-order valence-electron chi connectivity index (χ1n) is 16.2. The summed E-state index contributed by atoms with van der Waals surface area (Å²) in [5, 5.41) is 12.8. The van der Waals surface area contributed by atoms with Crippen molar-refractivity contribution in [2.45, 2.75) is 19.3 Å². The lowest BCUT2D eigenvalue weighted by molar-refractivity contribution is 0.417. The van der Waals surface area contributed by atoms with E-state index in [2.05, 4.69) is 62.4 Å². The minimum absolute atomic E-state index is 0.359. The van der Waals surface area contributed by atoms with Crippen LogP contribution in [0.2, 0.25) is 0 Å². The van der Waals surface area contributed by atoms with Gasteiger partial charge in [0, 0.05) is 49.6 Å². The molecular weight excluding hydrogens is 604 g/mol. The molecule has 0 fully saturated rings. The number of ether oxygens (including phenoxy) is 1. The minimum Gasteiger partial charge on any atom is -0.455 e. The third kappa shape index (κ3) is 4.59. The van der Waals surface area contributed by atoms with Crippen LogP contribution in [0.3, 0.4) is 0 Å². The summed E-state index contributed by atoms with van der Waals surface area (Å²) in [6, 6.07) is 46.7. The molecule has 1 aliphatic rings. The van der Waals surface area contributed by atoms with Crippen LogP contribution in [-0.2, 0) is 5.41 Å². The zero-order chi connectivity index (χ0) is 33.1. The summed E-state index contributed by atoms with van der Waals surface area (Å²) < 4.78 is 12.7. The first-order valence-corrected chi connectivity index (χ1v) is 16.2. The number of hydrogen-bond donors (Lipinski definition) is 0. The van der Waals surface area contributed by atoms with E-state index in [4.69, 9.17) is 24.1 Å². The molecule has 49 heavy (non-hydrogen) atoms. The molecule has 0 atom stereocenters. The Morgan fingerprint density at radius 1 is 0.551 bits per heavy atom. The van der Waals surface area contributed by atoms with Crippen LogP contribution in [0.4, 0.5) is 0 Å². The standard InChI is InChI=1S/C43H28N4O2/c1-43(2)34-16-7-9-18-37(34)49-39-33(25-44)32(23-24-35(39)43)42-46-40(27-11-4-3-5-12-27)45-41(47-42)28-21-19-26(20-22-28)29-14-10-15-31-30-13-6-8-17-36(30)48-38(29)31/h3-24H,1-2H3. The maximum absolute atomic E-state index is 10.6. The second-order valence-electron chi connectivity index (χ2n) is 12.7. The van der Waals surface area contributed by atoms with Crippen LogP contribution in [0.5, 0.6) is 11.5 Å². The van der Waals surface area contributed by atoms with Gasteiger partial charge in [0.1, 0.15) is 34.3 Å². The molecule has 232 valence electrons. The highest BCUT2D eigenvalue weighted by Crippen LogP contribution is 2.50. The van der Waals surface area contributed by atoms with Gasteiger partial charge in [-0.15, -0.1) is 0 Å². The van der Waals surface area contributed by atoms with Gasteiger partial charge in [0.25, 0.3) is 0 Å². The molecule has 0 spiro atoms. The van der Waals surface area contributed by atoms with E-state index in [0.717, 1.165) is 61.1 Å². The molecule has 0 saturated heterocycles.